The molecule has 1 aliphatic heterocycles. The van der Waals surface area contributed by atoms with Crippen molar-refractivity contribution in [2.75, 3.05) is 25.0 Å². The lowest BCUT2D eigenvalue weighted by Crippen LogP contribution is -3.42. The van der Waals surface area contributed by atoms with Crippen LogP contribution in [0.2, 0.25) is 0 Å². The monoisotopic (exact) mass is 580 g/mol. The summed E-state index contributed by atoms with van der Waals surface area (Å²) < 4.78 is 41.5. The molecule has 2 atom stereocenters. The van der Waals surface area contributed by atoms with E-state index in [2.05, 4.69) is 35.6 Å². The van der Waals surface area contributed by atoms with Gasteiger partial charge in [0, 0.05) is 6.54 Å². The van der Waals surface area contributed by atoms with Crippen molar-refractivity contribution >= 4 is 33.4 Å². The lowest BCUT2D eigenvalue weighted by Gasteiger charge is -2.32. The number of nitrogens with zero attached hydrogens (tertiary/aromatic N) is 3. The van der Waals surface area contributed by atoms with Crippen LogP contribution in [0.3, 0.4) is 0 Å². The van der Waals surface area contributed by atoms with Gasteiger partial charge in [-0.15, -0.1) is 0 Å². The summed E-state index contributed by atoms with van der Waals surface area (Å²) in [4.78, 5) is 25.7. The minimum absolute atomic E-state index is 0.231. The van der Waals surface area contributed by atoms with Crippen LogP contribution in [-0.4, -0.2) is 56.8 Å². The summed E-state index contributed by atoms with van der Waals surface area (Å²) in [6.07, 6.45) is 5.50. The van der Waals surface area contributed by atoms with Gasteiger partial charge in [0.15, 0.2) is 10.8 Å². The van der Waals surface area contributed by atoms with E-state index in [1.165, 1.54) is 12.4 Å². The van der Waals surface area contributed by atoms with Crippen molar-refractivity contribution in [3.8, 4) is 0 Å². The van der Waals surface area contributed by atoms with Gasteiger partial charge in [-0.05, 0) is 44.0 Å². The number of fused-ring (bicyclic) bond motifs is 1. The number of thiazole rings is 1. The van der Waals surface area contributed by atoms with Gasteiger partial charge in [-0.1, -0.05) is 17.4 Å². The summed E-state index contributed by atoms with van der Waals surface area (Å²) in [6.45, 7) is 2.45. The number of anilines is 1. The van der Waals surface area contributed by atoms with Crippen molar-refractivity contribution in [1.29, 1.82) is 0 Å². The summed E-state index contributed by atoms with van der Waals surface area (Å²) >= 11 is 1.94. The maximum Gasteiger partial charge on any atom is 0.280 e. The van der Waals surface area contributed by atoms with Crippen LogP contribution >= 0.6 is 11.3 Å². The molecule has 0 spiro atoms. The first-order valence-corrected chi connectivity index (χ1v) is 11.8. The Balaban J connectivity index is 1.49. The molecule has 0 aromatic carbocycles. The molecular weight excluding hydrogens is 560 g/mol. The van der Waals surface area contributed by atoms with Gasteiger partial charge in [0.05, 0.1) is 6.04 Å². The Hall–Kier alpha value is -1.84. The number of alkyl halides is 3. The smallest absolute Gasteiger partial charge is 0.280 e. The third kappa shape index (κ3) is 5.94. The molecule has 1 amide bonds. The van der Waals surface area contributed by atoms with Gasteiger partial charge in [0.1, 0.15) is 28.6 Å². The number of ether oxygens (including phenoxy) is 1. The summed E-state index contributed by atoms with van der Waals surface area (Å²) in [6, 6.07) is -0.827. The first kappa shape index (κ1) is 23.3. The van der Waals surface area contributed by atoms with E-state index < -0.39 is 22.1 Å². The van der Waals surface area contributed by atoms with Gasteiger partial charge in [-0.2, -0.15) is 0 Å². The summed E-state index contributed by atoms with van der Waals surface area (Å²) in [7, 11) is 0. The predicted octanol–water partition coefficient (Wildman–Crippen LogP) is -0.492. The number of allylic oxidation sites excluding steroid dienone is 2. The average molecular weight is 580 g/mol. The standard InChI is InChI=1S/C19H20F3IN6O2S/c20-11-1-2-12(13(7-11)31-19(21,22)23)28-15-14-17(27-9-26-15)32-18(29-14)16(30)25-8-10-3-5-24-6-4-10/h1-2,7,9-10,12-13,24H,3-6,8H2,(H,25,30)(H,26,27,28)/q-1. The topological polar surface area (TPSA) is 101 Å². The number of halogens is 4. The van der Waals surface area contributed by atoms with E-state index in [0.29, 0.717) is 22.8 Å². The zero-order valence-electron chi connectivity index (χ0n) is 16.7. The van der Waals surface area contributed by atoms with Crippen LogP contribution in [-0.2, 0) is 4.74 Å². The molecule has 2 unspecified atom stereocenters. The molecule has 8 nitrogen and oxygen atoms in total. The zero-order valence-corrected chi connectivity index (χ0v) is 19.6. The van der Waals surface area contributed by atoms with E-state index in [9.17, 15) is 18.0 Å². The van der Waals surface area contributed by atoms with Crippen LogP contribution in [0.25, 0.3) is 10.3 Å². The molecule has 1 fully saturated rings. The molecule has 2 aliphatic rings. The molecular formula is C19H20F3IN6O2S-. The van der Waals surface area contributed by atoms with Gasteiger partial charge in [-0.25, -0.2) is 28.1 Å². The van der Waals surface area contributed by atoms with Crippen LogP contribution in [0.1, 0.15) is 22.6 Å². The molecule has 4 rings (SSSR count). The van der Waals surface area contributed by atoms with E-state index >= 15 is 0 Å². The number of carbonyl (C=O) groups is 1. The second kappa shape index (κ2) is 9.97. The molecule has 32 heavy (non-hydrogen) atoms. The van der Waals surface area contributed by atoms with Crippen LogP contribution in [0.15, 0.2) is 30.4 Å². The van der Waals surface area contributed by atoms with Gasteiger partial charge < -0.3 is 43.3 Å². The molecule has 2 aromatic rings. The second-order valence-electron chi connectivity index (χ2n) is 7.41. The van der Waals surface area contributed by atoms with E-state index in [0.717, 1.165) is 72.0 Å². The minimum Gasteiger partial charge on any atom is -0.681 e. The van der Waals surface area contributed by atoms with Crippen LogP contribution in [0.4, 0.5) is 19.0 Å². The van der Waals surface area contributed by atoms with E-state index in [4.69, 9.17) is 0 Å². The average Bonchev–Trinajstić information content (AvgIpc) is 3.19. The highest BCUT2D eigenvalue weighted by Crippen LogP contribution is 2.28. The highest BCUT2D eigenvalue weighted by Gasteiger charge is 2.29. The number of amides is 1. The molecule has 3 N–H and O–H groups in total. The number of nitrogens with one attached hydrogen (secondary N) is 3. The summed E-state index contributed by atoms with van der Waals surface area (Å²) in [5.74, 6) is -0.320. The van der Waals surface area contributed by atoms with Crippen molar-refractivity contribution in [3.05, 3.63) is 35.4 Å². The van der Waals surface area contributed by atoms with E-state index in [1.54, 1.807) is 0 Å². The number of carbonyl (C=O) groups excluding carboxylic acids is 1. The number of aromatic nitrogens is 3. The lowest BCUT2D eigenvalue weighted by atomic mass is 9.98. The third-order valence-electron chi connectivity index (χ3n) is 5.11. The molecule has 1 radical (unpaired) electrons. The van der Waals surface area contributed by atoms with E-state index in [1.807, 2.05) is 0 Å². The Kier molecular flexibility index (Phi) is 7.27. The predicted molar refractivity (Wildman–Crippen MR) is 109 cm³/mol. The van der Waals surface area contributed by atoms with Crippen LogP contribution < -0.4 is 38.5 Å². The maximum absolute atomic E-state index is 13.6. The highest BCUT2D eigenvalue weighted by molar-refractivity contribution is 7.19. The molecule has 3 heterocycles. The lowest BCUT2D eigenvalue weighted by molar-refractivity contribution is -0.653. The highest BCUT2D eigenvalue weighted by atomic mass is 127. The van der Waals surface area contributed by atoms with Crippen LogP contribution in [0.5, 0.6) is 0 Å². The minimum atomic E-state index is -3.48. The first-order chi connectivity index (χ1) is 15.3. The fourth-order valence-electron chi connectivity index (χ4n) is 3.53. The van der Waals surface area contributed by atoms with Crippen molar-refractivity contribution in [2.45, 2.75) is 29.1 Å². The quantitative estimate of drug-likeness (QED) is 0.300. The largest absolute Gasteiger partial charge is 0.681 e. The number of piperidine rings is 1. The van der Waals surface area contributed by atoms with Crippen LogP contribution in [0, 0.1) is 5.92 Å². The Bertz CT molecular complexity index is 1040. The summed E-state index contributed by atoms with van der Waals surface area (Å²) in [5.41, 5.74) is 0.327. The molecule has 13 heteroatoms. The van der Waals surface area contributed by atoms with E-state index in [-0.39, 0.29) is 16.7 Å². The molecule has 0 saturated carbocycles. The van der Waals surface area contributed by atoms with Gasteiger partial charge in [0.25, 0.3) is 5.91 Å². The molecule has 173 valence electrons. The van der Waals surface area contributed by atoms with Crippen molar-refractivity contribution < 1.29 is 45.3 Å². The Morgan fingerprint density at radius 2 is 2.12 bits per heavy atom. The van der Waals surface area contributed by atoms with Gasteiger partial charge in [-0.3, -0.25) is 4.79 Å². The second-order valence-corrected chi connectivity index (χ2v) is 9.64. The normalized spacial score (nSPS) is 22.1. The van der Waals surface area contributed by atoms with Crippen molar-refractivity contribution in [1.82, 2.24) is 25.6 Å². The molecule has 0 bridgehead atoms. The maximum atomic E-state index is 13.6. The molecule has 1 saturated heterocycles. The zero-order chi connectivity index (χ0) is 22.7. The first-order valence-electron chi connectivity index (χ1n) is 9.95. The number of rotatable bonds is 7. The molecule has 1 aliphatic carbocycles. The van der Waals surface area contributed by atoms with Gasteiger partial charge in [0.2, 0.25) is 4.12 Å². The van der Waals surface area contributed by atoms with Crippen molar-refractivity contribution in [2.24, 2.45) is 5.92 Å². The third-order valence-corrected chi connectivity index (χ3v) is 6.33. The van der Waals surface area contributed by atoms with Gasteiger partial charge >= 0.3 is 0 Å². The molecule has 2 aromatic heterocycles. The Labute approximate surface area is 199 Å². The SMILES string of the molecule is O=C(NCC1CCNCC1)c1nc2c(NC3C=CC(F)=CC3OC(F)(F)[I-])ncnc2s1. The summed E-state index contributed by atoms with van der Waals surface area (Å²) in [5, 5.41) is 9.38. The number of hydrogen-bond donors (Lipinski definition) is 3. The fourth-order valence-corrected chi connectivity index (χ4v) is 4.64. The fraction of sp³-hybridized carbons (Fsp3) is 0.474. The number of hydrogen-bond acceptors (Lipinski definition) is 8. The van der Waals surface area contributed by atoms with Crippen molar-refractivity contribution in [3.63, 3.8) is 0 Å². The Morgan fingerprint density at radius 1 is 1.34 bits per heavy atom. The Morgan fingerprint density at radius 3 is 2.88 bits per heavy atom.